The molecule has 84 valence electrons. The van der Waals surface area contributed by atoms with E-state index in [1.54, 1.807) is 0 Å². The van der Waals surface area contributed by atoms with Crippen LogP contribution in [0.15, 0.2) is 0 Å². The number of rotatable bonds is 3. The second kappa shape index (κ2) is 4.09. The highest BCUT2D eigenvalue weighted by atomic mass is 19.4. The summed E-state index contributed by atoms with van der Waals surface area (Å²) >= 11 is 0. The van der Waals surface area contributed by atoms with Gasteiger partial charge in [-0.25, -0.2) is 0 Å². The van der Waals surface area contributed by atoms with Gasteiger partial charge in [0.25, 0.3) is 0 Å². The molecule has 1 heterocycles. The second-order valence-corrected chi connectivity index (χ2v) is 4.46. The van der Waals surface area contributed by atoms with Crippen molar-refractivity contribution in [3.05, 3.63) is 0 Å². The number of alkyl halides is 3. The van der Waals surface area contributed by atoms with Gasteiger partial charge in [0.2, 0.25) is 0 Å². The van der Waals surface area contributed by atoms with Crippen LogP contribution < -0.4 is 5.32 Å². The molecule has 1 saturated heterocycles. The maximum atomic E-state index is 12.1. The fourth-order valence-corrected chi connectivity index (χ4v) is 2.19. The zero-order valence-electron chi connectivity index (χ0n) is 8.75. The van der Waals surface area contributed by atoms with Crippen molar-refractivity contribution in [2.45, 2.75) is 51.2 Å². The van der Waals surface area contributed by atoms with Gasteiger partial charge in [-0.3, -0.25) is 0 Å². The molecule has 1 aliphatic heterocycles. The largest absolute Gasteiger partial charge is 0.389 e. The van der Waals surface area contributed by atoms with E-state index in [2.05, 4.69) is 5.32 Å². The van der Waals surface area contributed by atoms with Crippen LogP contribution in [0.3, 0.4) is 0 Å². The van der Waals surface area contributed by atoms with Crippen molar-refractivity contribution in [1.82, 2.24) is 5.32 Å². The van der Waals surface area contributed by atoms with Crippen LogP contribution in [0.1, 0.15) is 39.5 Å². The van der Waals surface area contributed by atoms with Crippen molar-refractivity contribution < 1.29 is 13.2 Å². The molecule has 0 aliphatic carbocycles. The van der Waals surface area contributed by atoms with Crippen molar-refractivity contribution in [3.8, 4) is 0 Å². The van der Waals surface area contributed by atoms with Crippen LogP contribution in [0.2, 0.25) is 0 Å². The number of nitrogens with one attached hydrogen (secondary N) is 1. The highest BCUT2D eigenvalue weighted by Gasteiger charge is 2.40. The van der Waals surface area contributed by atoms with Crippen molar-refractivity contribution in [1.29, 1.82) is 0 Å². The molecule has 0 spiro atoms. The lowest BCUT2D eigenvalue weighted by Crippen LogP contribution is -2.45. The summed E-state index contributed by atoms with van der Waals surface area (Å²) in [7, 11) is 0. The summed E-state index contributed by atoms with van der Waals surface area (Å²) in [5.41, 5.74) is -0.268. The number of halogens is 3. The van der Waals surface area contributed by atoms with Crippen LogP contribution in [0.4, 0.5) is 13.2 Å². The molecule has 1 N–H and O–H groups in total. The van der Waals surface area contributed by atoms with Gasteiger partial charge in [0.05, 0.1) is 0 Å². The average molecular weight is 209 g/mol. The Hall–Kier alpha value is -0.250. The first-order valence-corrected chi connectivity index (χ1v) is 5.17. The molecule has 0 amide bonds. The Labute approximate surface area is 83.1 Å². The Morgan fingerprint density at radius 1 is 1.36 bits per heavy atom. The first-order chi connectivity index (χ1) is 6.36. The van der Waals surface area contributed by atoms with E-state index in [1.807, 2.05) is 13.8 Å². The van der Waals surface area contributed by atoms with Gasteiger partial charge in [-0.2, -0.15) is 13.2 Å². The summed E-state index contributed by atoms with van der Waals surface area (Å²) in [6.45, 7) is 4.85. The standard InChI is InChI=1S/C10H18F3N/c1-8(2)9(4-3-7-14-9)5-6-10(11,12)13/h8,14H,3-7H2,1-2H3. The van der Waals surface area contributed by atoms with Crippen LogP contribution in [-0.4, -0.2) is 18.3 Å². The van der Waals surface area contributed by atoms with Crippen molar-refractivity contribution in [3.63, 3.8) is 0 Å². The van der Waals surface area contributed by atoms with E-state index in [4.69, 9.17) is 0 Å². The van der Waals surface area contributed by atoms with Crippen LogP contribution in [0, 0.1) is 5.92 Å². The quantitative estimate of drug-likeness (QED) is 0.753. The Morgan fingerprint density at radius 3 is 2.36 bits per heavy atom. The van der Waals surface area contributed by atoms with E-state index in [1.165, 1.54) is 0 Å². The summed E-state index contributed by atoms with van der Waals surface area (Å²) in [5, 5.41) is 3.24. The molecule has 0 bridgehead atoms. The molecule has 0 radical (unpaired) electrons. The summed E-state index contributed by atoms with van der Waals surface area (Å²) in [6.07, 6.45) is -2.60. The van der Waals surface area contributed by atoms with Crippen LogP contribution in [0.25, 0.3) is 0 Å². The summed E-state index contributed by atoms with van der Waals surface area (Å²) in [5.74, 6) is 0.271. The van der Waals surface area contributed by atoms with E-state index in [0.29, 0.717) is 0 Å². The summed E-state index contributed by atoms with van der Waals surface area (Å²) in [4.78, 5) is 0. The monoisotopic (exact) mass is 209 g/mol. The van der Waals surface area contributed by atoms with Gasteiger partial charge in [0, 0.05) is 12.0 Å². The number of hydrogen-bond donors (Lipinski definition) is 1. The molecule has 0 aromatic rings. The lowest BCUT2D eigenvalue weighted by atomic mass is 9.81. The van der Waals surface area contributed by atoms with Crippen LogP contribution in [0.5, 0.6) is 0 Å². The van der Waals surface area contributed by atoms with Crippen molar-refractivity contribution in [2.75, 3.05) is 6.54 Å². The van der Waals surface area contributed by atoms with Crippen molar-refractivity contribution in [2.24, 2.45) is 5.92 Å². The Balaban J connectivity index is 2.53. The van der Waals surface area contributed by atoms with Gasteiger partial charge in [0.1, 0.15) is 0 Å². The highest BCUT2D eigenvalue weighted by molar-refractivity contribution is 4.95. The lowest BCUT2D eigenvalue weighted by molar-refractivity contribution is -0.139. The van der Waals surface area contributed by atoms with Gasteiger partial charge in [-0.15, -0.1) is 0 Å². The van der Waals surface area contributed by atoms with E-state index in [0.717, 1.165) is 19.4 Å². The first-order valence-electron chi connectivity index (χ1n) is 5.17. The smallest absolute Gasteiger partial charge is 0.311 e. The molecule has 0 aromatic heterocycles. The van der Waals surface area contributed by atoms with Gasteiger partial charge >= 0.3 is 6.18 Å². The predicted octanol–water partition coefficient (Wildman–Crippen LogP) is 3.11. The fourth-order valence-electron chi connectivity index (χ4n) is 2.19. The predicted molar refractivity (Wildman–Crippen MR) is 50.1 cm³/mol. The number of hydrogen-bond acceptors (Lipinski definition) is 1. The van der Waals surface area contributed by atoms with Gasteiger partial charge in [-0.1, -0.05) is 13.8 Å². The minimum atomic E-state index is -4.02. The third-order valence-corrected chi connectivity index (χ3v) is 3.24. The Morgan fingerprint density at radius 2 is 2.00 bits per heavy atom. The summed E-state index contributed by atoms with van der Waals surface area (Å²) in [6, 6.07) is 0. The molecule has 1 rings (SSSR count). The zero-order valence-corrected chi connectivity index (χ0v) is 8.75. The van der Waals surface area contributed by atoms with E-state index in [-0.39, 0.29) is 17.9 Å². The third-order valence-electron chi connectivity index (χ3n) is 3.24. The molecular weight excluding hydrogens is 191 g/mol. The average Bonchev–Trinajstić information content (AvgIpc) is 2.48. The molecule has 14 heavy (non-hydrogen) atoms. The summed E-state index contributed by atoms with van der Waals surface area (Å²) < 4.78 is 36.3. The molecule has 1 unspecified atom stereocenters. The Bertz CT molecular complexity index is 180. The molecule has 1 nitrogen and oxygen atoms in total. The first kappa shape index (κ1) is 11.8. The molecular formula is C10H18F3N. The van der Waals surface area contributed by atoms with E-state index < -0.39 is 12.6 Å². The fraction of sp³-hybridized carbons (Fsp3) is 1.00. The minimum Gasteiger partial charge on any atom is -0.311 e. The SMILES string of the molecule is CC(C)C1(CCC(F)(F)F)CCCN1. The molecule has 1 aliphatic rings. The maximum absolute atomic E-state index is 12.1. The van der Waals surface area contributed by atoms with Crippen LogP contribution >= 0.6 is 0 Å². The second-order valence-electron chi connectivity index (χ2n) is 4.46. The normalized spacial score (nSPS) is 28.7. The highest BCUT2D eigenvalue weighted by Crippen LogP contribution is 2.35. The molecule has 0 aromatic carbocycles. The molecule has 0 saturated carbocycles. The van der Waals surface area contributed by atoms with Gasteiger partial charge in [0.15, 0.2) is 0 Å². The third kappa shape index (κ3) is 2.87. The molecule has 1 atom stereocenters. The molecule has 4 heteroatoms. The Kier molecular flexibility index (Phi) is 3.45. The van der Waals surface area contributed by atoms with Gasteiger partial charge in [-0.05, 0) is 31.7 Å². The lowest BCUT2D eigenvalue weighted by Gasteiger charge is -2.34. The topological polar surface area (TPSA) is 12.0 Å². The van der Waals surface area contributed by atoms with E-state index in [9.17, 15) is 13.2 Å². The maximum Gasteiger partial charge on any atom is 0.389 e. The van der Waals surface area contributed by atoms with E-state index >= 15 is 0 Å². The zero-order chi connectivity index (χ0) is 10.8. The minimum absolute atomic E-state index is 0.216. The van der Waals surface area contributed by atoms with Gasteiger partial charge < -0.3 is 5.32 Å². The van der Waals surface area contributed by atoms with Crippen molar-refractivity contribution >= 4 is 0 Å². The van der Waals surface area contributed by atoms with Crippen LogP contribution in [-0.2, 0) is 0 Å². The molecule has 1 fully saturated rings.